The van der Waals surface area contributed by atoms with Crippen molar-refractivity contribution in [2.75, 3.05) is 27.8 Å². The van der Waals surface area contributed by atoms with Crippen molar-refractivity contribution in [1.29, 1.82) is 0 Å². The molecule has 0 radical (unpaired) electrons. The second-order valence-corrected chi connectivity index (χ2v) is 4.78. The van der Waals surface area contributed by atoms with Gasteiger partial charge < -0.3 is 15.2 Å². The summed E-state index contributed by atoms with van der Waals surface area (Å²) in [6.07, 6.45) is 3.24. The van der Waals surface area contributed by atoms with Gasteiger partial charge in [-0.15, -0.1) is 0 Å². The molecule has 0 fully saturated rings. The van der Waals surface area contributed by atoms with Gasteiger partial charge in [0, 0.05) is 6.54 Å². The highest BCUT2D eigenvalue weighted by molar-refractivity contribution is 5.42. The second-order valence-electron chi connectivity index (χ2n) is 4.78. The molecule has 0 aromatic heterocycles. The van der Waals surface area contributed by atoms with Crippen LogP contribution in [0, 0.1) is 0 Å². The first-order valence-corrected chi connectivity index (χ1v) is 6.79. The maximum atomic E-state index is 6.07. The fraction of sp³-hybridized carbons (Fsp3) is 0.600. The zero-order valence-corrected chi connectivity index (χ0v) is 12.5. The van der Waals surface area contributed by atoms with Crippen molar-refractivity contribution in [3.63, 3.8) is 0 Å². The minimum atomic E-state index is 0.144. The Labute approximate surface area is 116 Å². The Kier molecular flexibility index (Phi) is 6.67. The zero-order valence-electron chi connectivity index (χ0n) is 12.5. The zero-order chi connectivity index (χ0) is 14.3. The first-order chi connectivity index (χ1) is 9.12. The molecule has 0 bridgehead atoms. The molecule has 1 aromatic carbocycles. The molecule has 1 atom stereocenters. The van der Waals surface area contributed by atoms with Gasteiger partial charge in [-0.1, -0.05) is 19.4 Å². The average molecular weight is 266 g/mol. The van der Waals surface area contributed by atoms with Gasteiger partial charge in [-0.2, -0.15) is 0 Å². The highest BCUT2D eigenvalue weighted by Crippen LogP contribution is 2.27. The van der Waals surface area contributed by atoms with Crippen LogP contribution in [0.5, 0.6) is 11.5 Å². The van der Waals surface area contributed by atoms with Crippen molar-refractivity contribution < 1.29 is 9.47 Å². The van der Waals surface area contributed by atoms with E-state index in [4.69, 9.17) is 15.2 Å². The highest BCUT2D eigenvalue weighted by atomic mass is 16.5. The number of nitrogens with zero attached hydrogens (tertiary/aromatic N) is 1. The van der Waals surface area contributed by atoms with Crippen molar-refractivity contribution in [3.8, 4) is 11.5 Å². The van der Waals surface area contributed by atoms with E-state index in [2.05, 4.69) is 24.9 Å². The van der Waals surface area contributed by atoms with Crippen molar-refractivity contribution in [2.45, 2.75) is 32.4 Å². The summed E-state index contributed by atoms with van der Waals surface area (Å²) in [6.45, 7) is 3.10. The maximum Gasteiger partial charge on any atom is 0.160 e. The van der Waals surface area contributed by atoms with Gasteiger partial charge in [0.1, 0.15) is 0 Å². The van der Waals surface area contributed by atoms with Crippen LogP contribution in [0.1, 0.15) is 25.3 Å². The molecule has 1 rings (SSSR count). The van der Waals surface area contributed by atoms with Gasteiger partial charge in [-0.25, -0.2) is 0 Å². The number of likely N-dealkylation sites (N-methyl/N-ethyl adjacent to an activating group) is 1. The SMILES string of the molecule is CCCC(N)N(C)CCc1ccc(OC)c(OC)c1. The number of benzene rings is 1. The third-order valence-electron chi connectivity index (χ3n) is 3.35. The number of hydrogen-bond acceptors (Lipinski definition) is 4. The van der Waals surface area contributed by atoms with Crippen LogP contribution in [-0.4, -0.2) is 38.9 Å². The molecule has 0 aliphatic carbocycles. The van der Waals surface area contributed by atoms with Crippen LogP contribution in [0.2, 0.25) is 0 Å². The predicted molar refractivity (Wildman–Crippen MR) is 78.8 cm³/mol. The first kappa shape index (κ1) is 15.8. The van der Waals surface area contributed by atoms with Crippen LogP contribution >= 0.6 is 0 Å². The third kappa shape index (κ3) is 4.73. The summed E-state index contributed by atoms with van der Waals surface area (Å²) in [4.78, 5) is 2.19. The summed E-state index contributed by atoms with van der Waals surface area (Å²) in [7, 11) is 5.38. The molecule has 108 valence electrons. The van der Waals surface area contributed by atoms with E-state index < -0.39 is 0 Å². The molecule has 19 heavy (non-hydrogen) atoms. The van der Waals surface area contributed by atoms with Gasteiger partial charge in [-0.05, 0) is 37.6 Å². The molecule has 0 spiro atoms. The third-order valence-corrected chi connectivity index (χ3v) is 3.35. The lowest BCUT2D eigenvalue weighted by Crippen LogP contribution is -2.40. The largest absolute Gasteiger partial charge is 0.493 e. The van der Waals surface area contributed by atoms with Crippen LogP contribution in [-0.2, 0) is 6.42 Å². The molecule has 1 aromatic rings. The molecule has 2 N–H and O–H groups in total. The van der Waals surface area contributed by atoms with E-state index in [-0.39, 0.29) is 6.17 Å². The Balaban J connectivity index is 2.58. The van der Waals surface area contributed by atoms with E-state index in [9.17, 15) is 0 Å². The molecular weight excluding hydrogens is 240 g/mol. The Hall–Kier alpha value is -1.26. The van der Waals surface area contributed by atoms with Gasteiger partial charge in [0.15, 0.2) is 11.5 Å². The Bertz CT molecular complexity index is 382. The van der Waals surface area contributed by atoms with Gasteiger partial charge in [0.25, 0.3) is 0 Å². The number of ether oxygens (including phenoxy) is 2. The van der Waals surface area contributed by atoms with Gasteiger partial charge in [-0.3, -0.25) is 4.90 Å². The topological polar surface area (TPSA) is 47.7 Å². The fourth-order valence-corrected chi connectivity index (χ4v) is 2.02. The van der Waals surface area contributed by atoms with Crippen LogP contribution < -0.4 is 15.2 Å². The Morgan fingerprint density at radius 1 is 1.21 bits per heavy atom. The van der Waals surface area contributed by atoms with Crippen molar-refractivity contribution >= 4 is 0 Å². The van der Waals surface area contributed by atoms with E-state index in [0.717, 1.165) is 37.3 Å². The molecule has 0 aliphatic heterocycles. The minimum absolute atomic E-state index is 0.144. The molecule has 1 unspecified atom stereocenters. The quantitative estimate of drug-likeness (QED) is 0.733. The molecule has 0 saturated heterocycles. The number of rotatable bonds is 8. The minimum Gasteiger partial charge on any atom is -0.493 e. The standard InChI is InChI=1S/C15H26N2O2/c1-5-6-15(16)17(2)10-9-12-7-8-13(18-3)14(11-12)19-4/h7-8,11,15H,5-6,9-10,16H2,1-4H3. The van der Waals surface area contributed by atoms with Crippen molar-refractivity contribution in [2.24, 2.45) is 5.73 Å². The van der Waals surface area contributed by atoms with Gasteiger partial charge >= 0.3 is 0 Å². The van der Waals surface area contributed by atoms with E-state index in [1.807, 2.05) is 12.1 Å². The van der Waals surface area contributed by atoms with E-state index in [0.29, 0.717) is 0 Å². The summed E-state index contributed by atoms with van der Waals surface area (Å²) in [6, 6.07) is 6.04. The molecule has 4 heteroatoms. The first-order valence-electron chi connectivity index (χ1n) is 6.79. The smallest absolute Gasteiger partial charge is 0.160 e. The number of nitrogens with two attached hydrogens (primary N) is 1. The Morgan fingerprint density at radius 3 is 2.47 bits per heavy atom. The van der Waals surface area contributed by atoms with Crippen molar-refractivity contribution in [1.82, 2.24) is 4.90 Å². The monoisotopic (exact) mass is 266 g/mol. The van der Waals surface area contributed by atoms with Crippen LogP contribution in [0.4, 0.5) is 0 Å². The van der Waals surface area contributed by atoms with Crippen LogP contribution in [0.3, 0.4) is 0 Å². The van der Waals surface area contributed by atoms with Gasteiger partial charge in [0.05, 0.1) is 20.4 Å². The molecule has 0 saturated carbocycles. The molecule has 0 aliphatic rings. The number of hydrogen-bond donors (Lipinski definition) is 1. The fourth-order valence-electron chi connectivity index (χ4n) is 2.02. The van der Waals surface area contributed by atoms with Crippen molar-refractivity contribution in [3.05, 3.63) is 23.8 Å². The molecule has 0 amide bonds. The summed E-state index contributed by atoms with van der Waals surface area (Å²) >= 11 is 0. The lowest BCUT2D eigenvalue weighted by atomic mass is 10.1. The van der Waals surface area contributed by atoms with Crippen LogP contribution in [0.15, 0.2) is 18.2 Å². The summed E-state index contributed by atoms with van der Waals surface area (Å²) < 4.78 is 10.5. The van der Waals surface area contributed by atoms with Crippen LogP contribution in [0.25, 0.3) is 0 Å². The van der Waals surface area contributed by atoms with E-state index in [1.165, 1.54) is 5.56 Å². The average Bonchev–Trinajstić information content (AvgIpc) is 2.44. The van der Waals surface area contributed by atoms with E-state index >= 15 is 0 Å². The molecule has 4 nitrogen and oxygen atoms in total. The summed E-state index contributed by atoms with van der Waals surface area (Å²) in [5.41, 5.74) is 7.30. The Morgan fingerprint density at radius 2 is 1.89 bits per heavy atom. The predicted octanol–water partition coefficient (Wildman–Crippen LogP) is 2.26. The summed E-state index contributed by atoms with van der Waals surface area (Å²) in [5.74, 6) is 1.54. The van der Waals surface area contributed by atoms with Gasteiger partial charge in [0.2, 0.25) is 0 Å². The lowest BCUT2D eigenvalue weighted by molar-refractivity contribution is 0.236. The normalized spacial score (nSPS) is 12.5. The lowest BCUT2D eigenvalue weighted by Gasteiger charge is -2.24. The molecular formula is C15H26N2O2. The molecule has 0 heterocycles. The summed E-state index contributed by atoms with van der Waals surface area (Å²) in [5, 5.41) is 0. The highest BCUT2D eigenvalue weighted by Gasteiger charge is 2.09. The second kappa shape index (κ2) is 8.02. The van der Waals surface area contributed by atoms with E-state index in [1.54, 1.807) is 14.2 Å². The maximum absolute atomic E-state index is 6.07. The number of methoxy groups -OCH3 is 2.